The quantitative estimate of drug-likeness (QED) is 0.280. The minimum absolute atomic E-state index is 0.0336. The van der Waals surface area contributed by atoms with Crippen LogP contribution < -0.4 is 31.1 Å². The smallest absolute Gasteiger partial charge is 0.320 e. The number of aromatic nitrogens is 3. The molecule has 2 atom stereocenters. The highest BCUT2D eigenvalue weighted by Crippen LogP contribution is 2.43. The molecule has 6 aliphatic rings. The van der Waals surface area contributed by atoms with Crippen molar-refractivity contribution in [3.05, 3.63) is 59.5 Å². The summed E-state index contributed by atoms with van der Waals surface area (Å²) in [7, 11) is 1.82. The minimum atomic E-state index is -0.986. The van der Waals surface area contributed by atoms with E-state index < -0.39 is 35.6 Å². The van der Waals surface area contributed by atoms with Crippen LogP contribution in [0, 0.1) is 5.41 Å². The number of piperidine rings is 4. The first kappa shape index (κ1) is 38.2. The van der Waals surface area contributed by atoms with Gasteiger partial charge in [-0.3, -0.25) is 34.2 Å². The van der Waals surface area contributed by atoms with Crippen molar-refractivity contribution in [2.24, 2.45) is 11.1 Å². The Bertz CT molecular complexity index is 2220. The summed E-state index contributed by atoms with van der Waals surface area (Å²) in [5.41, 5.74) is 8.04. The number of likely N-dealkylation sites (N-methyl/N-ethyl adjacent to an activating group) is 1. The van der Waals surface area contributed by atoms with Gasteiger partial charge in [0.1, 0.15) is 17.7 Å². The molecule has 1 spiro atoms. The van der Waals surface area contributed by atoms with Gasteiger partial charge < -0.3 is 35.6 Å². The van der Waals surface area contributed by atoms with Crippen LogP contribution in [0.4, 0.5) is 33.6 Å². The third kappa shape index (κ3) is 7.13. The van der Waals surface area contributed by atoms with Crippen LogP contribution in [0.15, 0.2) is 42.7 Å². The fourth-order valence-corrected chi connectivity index (χ4v) is 9.61. The van der Waals surface area contributed by atoms with Crippen molar-refractivity contribution in [2.75, 3.05) is 79.4 Å². The van der Waals surface area contributed by atoms with E-state index in [1.54, 1.807) is 29.4 Å². The molecule has 308 valence electrons. The van der Waals surface area contributed by atoms with Gasteiger partial charge in [-0.05, 0) is 80.7 Å². The summed E-state index contributed by atoms with van der Waals surface area (Å²) in [5.74, 6) is -0.973. The van der Waals surface area contributed by atoms with E-state index in [0.29, 0.717) is 36.7 Å². The van der Waals surface area contributed by atoms with Crippen molar-refractivity contribution in [1.29, 1.82) is 0 Å². The Labute approximate surface area is 341 Å². The topological polar surface area (TPSA) is 211 Å². The zero-order valence-electron chi connectivity index (χ0n) is 33.1. The first-order valence-electron chi connectivity index (χ1n) is 20.5. The van der Waals surface area contributed by atoms with Crippen molar-refractivity contribution < 1.29 is 28.8 Å². The van der Waals surface area contributed by atoms with Crippen LogP contribution in [0.25, 0.3) is 0 Å². The standard InChI is InChI=1S/C41H48N12O6/c1-48-19-20-52(40(48)59)27-3-2-14-51(24-27)32-23-44-34(35(42)55)36(46-32)45-25-4-8-31(43-22-25)50-17-12-41(13-18-50)10-15-49(16-11-41)26-5-6-28-29(21-26)39(58)53(38(28)57)30-7-9-33(54)47-37(30)56/h4-6,8,21-23,27,30H,2-3,7,9-20,24H2,1H3,(H2,42,55)(H,45,46)(H,47,54,56)/t27-,30?/m1/s1. The molecule has 4 N–H and O–H groups in total. The number of imide groups is 2. The number of pyridine rings is 1. The van der Waals surface area contributed by atoms with Crippen LogP contribution in [-0.2, 0) is 9.59 Å². The van der Waals surface area contributed by atoms with Crippen LogP contribution in [0.1, 0.15) is 82.6 Å². The van der Waals surface area contributed by atoms with Gasteiger partial charge in [0.05, 0.1) is 35.2 Å². The van der Waals surface area contributed by atoms with Gasteiger partial charge in [-0.15, -0.1) is 0 Å². The molecule has 0 saturated carbocycles. The number of fused-ring (bicyclic) bond motifs is 1. The number of hydrogen-bond acceptors (Lipinski definition) is 13. The lowest BCUT2D eigenvalue weighted by atomic mass is 9.71. The van der Waals surface area contributed by atoms with E-state index in [1.807, 2.05) is 30.1 Å². The second-order valence-electron chi connectivity index (χ2n) is 16.6. The molecule has 5 saturated heterocycles. The van der Waals surface area contributed by atoms with E-state index in [2.05, 4.69) is 30.3 Å². The van der Waals surface area contributed by atoms with Gasteiger partial charge in [0.25, 0.3) is 17.7 Å². The van der Waals surface area contributed by atoms with Crippen molar-refractivity contribution >= 4 is 64.4 Å². The third-order valence-electron chi connectivity index (χ3n) is 13.2. The highest BCUT2D eigenvalue weighted by molar-refractivity contribution is 6.23. The van der Waals surface area contributed by atoms with Crippen LogP contribution in [-0.4, -0.2) is 137 Å². The molecule has 0 radical (unpaired) electrons. The van der Waals surface area contributed by atoms with Crippen molar-refractivity contribution in [2.45, 2.75) is 63.5 Å². The van der Waals surface area contributed by atoms with Crippen LogP contribution in [0.3, 0.4) is 0 Å². The largest absolute Gasteiger partial charge is 0.371 e. The molecule has 18 heteroatoms. The summed E-state index contributed by atoms with van der Waals surface area (Å²) < 4.78 is 0. The van der Waals surface area contributed by atoms with Crippen molar-refractivity contribution in [1.82, 2.24) is 35.0 Å². The number of nitrogens with one attached hydrogen (secondary N) is 2. The van der Waals surface area contributed by atoms with E-state index in [-0.39, 0.29) is 47.4 Å². The molecule has 0 aliphatic carbocycles. The highest BCUT2D eigenvalue weighted by Gasteiger charge is 2.45. The third-order valence-corrected chi connectivity index (χ3v) is 13.2. The maximum Gasteiger partial charge on any atom is 0.320 e. The molecule has 6 aliphatic heterocycles. The molecule has 1 unspecified atom stereocenters. The zero-order valence-corrected chi connectivity index (χ0v) is 33.1. The number of urea groups is 1. The molecule has 18 nitrogen and oxygen atoms in total. The van der Waals surface area contributed by atoms with Crippen molar-refractivity contribution in [3.63, 3.8) is 0 Å². The number of benzene rings is 1. The summed E-state index contributed by atoms with van der Waals surface area (Å²) in [4.78, 5) is 101. The summed E-state index contributed by atoms with van der Waals surface area (Å²) in [6.07, 6.45) is 9.36. The van der Waals surface area contributed by atoms with E-state index in [9.17, 15) is 28.8 Å². The molecule has 1 aromatic carbocycles. The first-order chi connectivity index (χ1) is 28.5. The minimum Gasteiger partial charge on any atom is -0.371 e. The number of carbonyl (C=O) groups excluding carboxylic acids is 6. The lowest BCUT2D eigenvalue weighted by molar-refractivity contribution is -0.136. The highest BCUT2D eigenvalue weighted by atomic mass is 16.2. The number of nitrogens with zero attached hydrogens (tertiary/aromatic N) is 9. The van der Waals surface area contributed by atoms with Crippen LogP contribution >= 0.6 is 0 Å². The van der Waals surface area contributed by atoms with Crippen LogP contribution in [0.5, 0.6) is 0 Å². The Morgan fingerprint density at radius 2 is 1.56 bits per heavy atom. The number of rotatable bonds is 8. The van der Waals surface area contributed by atoms with Gasteiger partial charge in [-0.25, -0.2) is 19.7 Å². The Balaban J connectivity index is 0.798. The molecule has 2 aromatic heterocycles. The van der Waals surface area contributed by atoms with Gasteiger partial charge in [0.15, 0.2) is 11.5 Å². The van der Waals surface area contributed by atoms with Gasteiger partial charge in [0, 0.05) is 71.5 Å². The molecular weight excluding hydrogens is 757 g/mol. The molecule has 59 heavy (non-hydrogen) atoms. The molecule has 5 fully saturated rings. The normalized spacial score (nSPS) is 23.3. The van der Waals surface area contributed by atoms with E-state index >= 15 is 0 Å². The van der Waals surface area contributed by atoms with Gasteiger partial charge in [-0.2, -0.15) is 0 Å². The maximum atomic E-state index is 13.4. The second-order valence-corrected chi connectivity index (χ2v) is 16.6. The fourth-order valence-electron chi connectivity index (χ4n) is 9.61. The Hall–Kier alpha value is -6.33. The summed E-state index contributed by atoms with van der Waals surface area (Å²) in [6, 6.07) is 8.34. The zero-order chi connectivity index (χ0) is 41.0. The average molecular weight is 805 g/mol. The molecular formula is C41H48N12O6. The van der Waals surface area contributed by atoms with E-state index in [1.165, 1.54) is 0 Å². The number of nitrogens with two attached hydrogens (primary N) is 1. The first-order valence-corrected chi connectivity index (χ1v) is 20.5. The lowest BCUT2D eigenvalue weighted by Crippen LogP contribution is -2.54. The monoisotopic (exact) mass is 804 g/mol. The van der Waals surface area contributed by atoms with Crippen LogP contribution in [0.2, 0.25) is 0 Å². The molecule has 9 rings (SSSR count). The Morgan fingerprint density at radius 3 is 2.24 bits per heavy atom. The fraction of sp³-hybridized carbons (Fsp3) is 0.488. The maximum absolute atomic E-state index is 13.4. The summed E-state index contributed by atoms with van der Waals surface area (Å²) in [6.45, 7) is 6.18. The molecule has 3 aromatic rings. The SMILES string of the molecule is CN1CCN([C@@H]2CCCN(c3cnc(C(N)=O)c(Nc4ccc(N5CCC6(CCN(c7ccc8c(c7)C(=O)N(C7CCC(=O)NC7=O)C8=O)CC6)CC5)nc4)n3)C2)C1=O. The molecule has 7 amide bonds. The molecule has 8 heterocycles. The van der Waals surface area contributed by atoms with Crippen molar-refractivity contribution in [3.8, 4) is 0 Å². The summed E-state index contributed by atoms with van der Waals surface area (Å²) >= 11 is 0. The Kier molecular flexibility index (Phi) is 9.79. The second kappa shape index (κ2) is 15.1. The van der Waals surface area contributed by atoms with E-state index in [4.69, 9.17) is 15.7 Å². The number of amides is 7. The number of anilines is 5. The predicted octanol–water partition coefficient (Wildman–Crippen LogP) is 2.34. The molecule has 0 bridgehead atoms. The number of hydrogen-bond donors (Lipinski definition) is 3. The van der Waals surface area contributed by atoms with Gasteiger partial charge in [0.2, 0.25) is 11.8 Å². The van der Waals surface area contributed by atoms with Gasteiger partial charge in [-0.1, -0.05) is 0 Å². The average Bonchev–Trinajstić information content (AvgIpc) is 3.71. The number of carbonyl (C=O) groups is 6. The summed E-state index contributed by atoms with van der Waals surface area (Å²) in [5, 5.41) is 5.47. The predicted molar refractivity (Wildman–Crippen MR) is 216 cm³/mol. The Morgan fingerprint density at radius 1 is 0.814 bits per heavy atom. The lowest BCUT2D eigenvalue weighted by Gasteiger charge is -2.47. The van der Waals surface area contributed by atoms with E-state index in [0.717, 1.165) is 87.7 Å². The van der Waals surface area contributed by atoms with Gasteiger partial charge >= 0.3 is 6.03 Å². The number of primary amides is 1.